The van der Waals surface area contributed by atoms with Crippen LogP contribution < -0.4 is 15.4 Å². The average molecular weight is 355 g/mol. The summed E-state index contributed by atoms with van der Waals surface area (Å²) in [6.45, 7) is 0. The van der Waals surface area contributed by atoms with E-state index in [9.17, 15) is 4.79 Å². The van der Waals surface area contributed by atoms with Gasteiger partial charge in [0.1, 0.15) is 5.75 Å². The van der Waals surface area contributed by atoms with Gasteiger partial charge in [-0.05, 0) is 48.5 Å². The lowest BCUT2D eigenvalue weighted by atomic mass is 10.3. The summed E-state index contributed by atoms with van der Waals surface area (Å²) in [5.74, 6) is 0.865. The lowest BCUT2D eigenvalue weighted by Crippen LogP contribution is -2.14. The molecule has 0 aliphatic heterocycles. The molecule has 126 valence electrons. The molecule has 0 atom stereocenters. The Morgan fingerprint density at radius 3 is 2.40 bits per heavy atom. The maximum absolute atomic E-state index is 12.2. The monoisotopic (exact) mass is 354 g/mol. The second-order valence-corrected chi connectivity index (χ2v) is 5.50. The van der Waals surface area contributed by atoms with Crippen LogP contribution in [0.1, 0.15) is 10.5 Å². The molecule has 1 aromatic heterocycles. The van der Waals surface area contributed by atoms with Crippen LogP contribution in [0, 0.1) is 0 Å². The zero-order valence-corrected chi connectivity index (χ0v) is 14.1. The van der Waals surface area contributed by atoms with Gasteiger partial charge in [-0.3, -0.25) is 4.79 Å². The Hall–Kier alpha value is -3.12. The molecule has 1 amide bonds. The molecule has 6 nitrogen and oxygen atoms in total. The number of rotatable bonds is 5. The summed E-state index contributed by atoms with van der Waals surface area (Å²) >= 11 is 6.08. The van der Waals surface area contributed by atoms with Crippen LogP contribution in [0.4, 0.5) is 17.2 Å². The second kappa shape index (κ2) is 7.63. The second-order valence-electron chi connectivity index (χ2n) is 5.09. The maximum Gasteiger partial charge on any atom is 0.276 e. The molecule has 7 heteroatoms. The maximum atomic E-state index is 12.2. The minimum absolute atomic E-state index is 0.209. The first-order valence-electron chi connectivity index (χ1n) is 7.46. The van der Waals surface area contributed by atoms with Crippen molar-refractivity contribution in [1.29, 1.82) is 0 Å². The van der Waals surface area contributed by atoms with E-state index in [-0.39, 0.29) is 11.6 Å². The number of carbonyl (C=O) groups is 1. The minimum Gasteiger partial charge on any atom is -0.497 e. The minimum atomic E-state index is -0.345. The highest BCUT2D eigenvalue weighted by Crippen LogP contribution is 2.23. The number of hydrogen-bond donors (Lipinski definition) is 2. The van der Waals surface area contributed by atoms with Gasteiger partial charge in [-0.25, -0.2) is 0 Å². The third-order valence-corrected chi connectivity index (χ3v) is 3.71. The SMILES string of the molecule is COc1ccc(NC(=O)c2ccc(Nc3ccccc3Cl)nn2)cc1. The predicted octanol–water partition coefficient (Wildman–Crippen LogP) is 4.13. The van der Waals surface area contributed by atoms with Gasteiger partial charge in [0, 0.05) is 5.69 Å². The van der Waals surface area contributed by atoms with E-state index in [1.165, 1.54) is 0 Å². The van der Waals surface area contributed by atoms with Gasteiger partial charge >= 0.3 is 0 Å². The number of benzene rings is 2. The fourth-order valence-corrected chi connectivity index (χ4v) is 2.27. The van der Waals surface area contributed by atoms with E-state index in [2.05, 4.69) is 20.8 Å². The molecule has 0 saturated carbocycles. The number of amides is 1. The molecule has 0 saturated heterocycles. The van der Waals surface area contributed by atoms with Crippen LogP contribution in [-0.2, 0) is 0 Å². The Balaban J connectivity index is 1.66. The molecule has 0 unspecified atom stereocenters. The lowest BCUT2D eigenvalue weighted by molar-refractivity contribution is 0.102. The number of hydrogen-bond acceptors (Lipinski definition) is 5. The Morgan fingerprint density at radius 1 is 1.00 bits per heavy atom. The molecular formula is C18H15ClN4O2. The number of nitrogens with zero attached hydrogens (tertiary/aromatic N) is 2. The van der Waals surface area contributed by atoms with Crippen molar-refractivity contribution in [3.63, 3.8) is 0 Å². The predicted molar refractivity (Wildman–Crippen MR) is 97.7 cm³/mol. The van der Waals surface area contributed by atoms with Gasteiger partial charge in [-0.15, -0.1) is 10.2 Å². The molecule has 0 aliphatic rings. The number of ether oxygens (including phenoxy) is 1. The van der Waals surface area contributed by atoms with Gasteiger partial charge < -0.3 is 15.4 Å². The first kappa shape index (κ1) is 16.7. The van der Waals surface area contributed by atoms with E-state index in [0.717, 1.165) is 0 Å². The average Bonchev–Trinajstić information content (AvgIpc) is 2.65. The molecule has 3 aromatic rings. The number of methoxy groups -OCH3 is 1. The largest absolute Gasteiger partial charge is 0.497 e. The molecular weight excluding hydrogens is 340 g/mol. The van der Waals surface area contributed by atoms with Gasteiger partial charge in [0.15, 0.2) is 11.5 Å². The summed E-state index contributed by atoms with van der Waals surface area (Å²) in [5, 5.41) is 14.3. The van der Waals surface area contributed by atoms with Crippen molar-refractivity contribution in [2.75, 3.05) is 17.7 Å². The summed E-state index contributed by atoms with van der Waals surface area (Å²) in [4.78, 5) is 12.2. The quantitative estimate of drug-likeness (QED) is 0.720. The molecule has 3 rings (SSSR count). The van der Waals surface area contributed by atoms with E-state index < -0.39 is 0 Å². The van der Waals surface area contributed by atoms with Crippen LogP contribution in [0.5, 0.6) is 5.75 Å². The van der Waals surface area contributed by atoms with Gasteiger partial charge in [0.05, 0.1) is 17.8 Å². The molecule has 0 bridgehead atoms. The van der Waals surface area contributed by atoms with E-state index in [1.807, 2.05) is 18.2 Å². The van der Waals surface area contributed by atoms with Crippen LogP contribution in [0.25, 0.3) is 0 Å². The number of carbonyl (C=O) groups excluding carboxylic acids is 1. The van der Waals surface area contributed by atoms with Crippen molar-refractivity contribution in [1.82, 2.24) is 10.2 Å². The highest BCUT2D eigenvalue weighted by molar-refractivity contribution is 6.33. The van der Waals surface area contributed by atoms with Crippen LogP contribution in [0.2, 0.25) is 5.02 Å². The lowest BCUT2D eigenvalue weighted by Gasteiger charge is -2.08. The van der Waals surface area contributed by atoms with Crippen LogP contribution in [0.3, 0.4) is 0 Å². The van der Waals surface area contributed by atoms with Crippen LogP contribution in [-0.4, -0.2) is 23.2 Å². The summed E-state index contributed by atoms with van der Waals surface area (Å²) in [5.41, 5.74) is 1.57. The van der Waals surface area contributed by atoms with Gasteiger partial charge in [0.2, 0.25) is 0 Å². The van der Waals surface area contributed by atoms with Crippen molar-refractivity contribution in [3.8, 4) is 5.75 Å². The number of nitrogens with one attached hydrogen (secondary N) is 2. The molecule has 0 fully saturated rings. The van der Waals surface area contributed by atoms with Crippen molar-refractivity contribution in [3.05, 3.63) is 71.4 Å². The number of halogens is 1. The standard InChI is InChI=1S/C18H15ClN4O2/c1-25-13-8-6-12(7-9-13)20-18(24)16-10-11-17(23-22-16)21-15-5-3-2-4-14(15)19/h2-11H,1H3,(H,20,24)(H,21,23). The van der Waals surface area contributed by atoms with Crippen LogP contribution in [0.15, 0.2) is 60.7 Å². The third-order valence-electron chi connectivity index (χ3n) is 3.38. The van der Waals surface area contributed by atoms with E-state index in [0.29, 0.717) is 28.0 Å². The Morgan fingerprint density at radius 2 is 1.76 bits per heavy atom. The molecule has 25 heavy (non-hydrogen) atoms. The van der Waals surface area contributed by atoms with Crippen molar-refractivity contribution in [2.45, 2.75) is 0 Å². The fraction of sp³-hybridized carbons (Fsp3) is 0.0556. The third kappa shape index (κ3) is 4.24. The first-order chi connectivity index (χ1) is 12.2. The van der Waals surface area contributed by atoms with Gasteiger partial charge in [-0.1, -0.05) is 23.7 Å². The number of para-hydroxylation sites is 1. The fourth-order valence-electron chi connectivity index (χ4n) is 2.09. The molecule has 1 heterocycles. The Kier molecular flexibility index (Phi) is 5.11. The smallest absolute Gasteiger partial charge is 0.276 e. The molecule has 2 N–H and O–H groups in total. The number of anilines is 3. The summed E-state index contributed by atoms with van der Waals surface area (Å²) < 4.78 is 5.08. The molecule has 2 aromatic carbocycles. The van der Waals surface area contributed by atoms with E-state index in [4.69, 9.17) is 16.3 Å². The van der Waals surface area contributed by atoms with Crippen molar-refractivity contribution >= 4 is 34.7 Å². The topological polar surface area (TPSA) is 76.1 Å². The molecule has 0 aliphatic carbocycles. The Bertz CT molecular complexity index is 867. The highest BCUT2D eigenvalue weighted by atomic mass is 35.5. The van der Waals surface area contributed by atoms with E-state index in [1.54, 1.807) is 49.6 Å². The molecule has 0 spiro atoms. The molecule has 0 radical (unpaired) electrons. The van der Waals surface area contributed by atoms with Crippen molar-refractivity contribution < 1.29 is 9.53 Å². The number of aromatic nitrogens is 2. The Labute approximate surface area is 149 Å². The summed E-state index contributed by atoms with van der Waals surface area (Å²) in [6, 6.07) is 17.6. The summed E-state index contributed by atoms with van der Waals surface area (Å²) in [7, 11) is 1.58. The highest BCUT2D eigenvalue weighted by Gasteiger charge is 2.09. The van der Waals surface area contributed by atoms with E-state index >= 15 is 0 Å². The van der Waals surface area contributed by atoms with Crippen molar-refractivity contribution in [2.24, 2.45) is 0 Å². The summed E-state index contributed by atoms with van der Waals surface area (Å²) in [6.07, 6.45) is 0. The normalized spacial score (nSPS) is 10.2. The zero-order chi connectivity index (χ0) is 17.6. The first-order valence-corrected chi connectivity index (χ1v) is 7.84. The van der Waals surface area contributed by atoms with Gasteiger partial charge in [-0.2, -0.15) is 0 Å². The zero-order valence-electron chi connectivity index (χ0n) is 13.4. The van der Waals surface area contributed by atoms with Crippen LogP contribution >= 0.6 is 11.6 Å². The van der Waals surface area contributed by atoms with Gasteiger partial charge in [0.25, 0.3) is 5.91 Å².